The van der Waals surface area contributed by atoms with Gasteiger partial charge in [0, 0.05) is 12.2 Å². The number of nitriles is 1. The Hall–Kier alpha value is -4.25. The van der Waals surface area contributed by atoms with Gasteiger partial charge < -0.3 is 16.8 Å². The van der Waals surface area contributed by atoms with E-state index in [1.54, 1.807) is 16.8 Å². The minimum Gasteiger partial charge on any atom is -0.326 e. The summed E-state index contributed by atoms with van der Waals surface area (Å²) in [5.41, 5.74) is 18.1. The summed E-state index contributed by atoms with van der Waals surface area (Å²) >= 11 is 0. The van der Waals surface area contributed by atoms with E-state index in [2.05, 4.69) is 16.5 Å². The second kappa shape index (κ2) is 10.6. The van der Waals surface area contributed by atoms with E-state index in [9.17, 15) is 10.1 Å². The number of aromatic nitrogens is 2. The van der Waals surface area contributed by atoms with Crippen LogP contribution in [0.1, 0.15) is 64.1 Å². The number of benzene rings is 3. The molecule has 0 aliphatic heterocycles. The standard InChI is InChI=1S/C31H32N6O/c1-21-15-29(37(36-21)28-10-3-6-24(17-28)20-33)30(38)35-27-9-4-8-26(18-27)31(34,14-13-22-11-12-22)25-7-2-5-23(16-25)19-32/h2-10,15-18,22H,11-14,20,33-34H2,1H3,(H,35,38). The normalized spacial score (nSPS) is 14.5. The summed E-state index contributed by atoms with van der Waals surface area (Å²) in [4.78, 5) is 13.4. The van der Waals surface area contributed by atoms with Crippen LogP contribution in [0.4, 0.5) is 5.69 Å². The van der Waals surface area contributed by atoms with Crippen molar-refractivity contribution < 1.29 is 4.79 Å². The zero-order chi connectivity index (χ0) is 26.7. The minimum atomic E-state index is -0.781. The van der Waals surface area contributed by atoms with Crippen molar-refractivity contribution in [3.05, 3.63) is 113 Å². The van der Waals surface area contributed by atoms with Gasteiger partial charge in [0.05, 0.1) is 28.6 Å². The third-order valence-electron chi connectivity index (χ3n) is 7.24. The summed E-state index contributed by atoms with van der Waals surface area (Å²) in [6, 6.07) is 26.9. The Morgan fingerprint density at radius 3 is 2.55 bits per heavy atom. The van der Waals surface area contributed by atoms with Gasteiger partial charge in [0.1, 0.15) is 5.69 Å². The molecular weight excluding hydrogens is 472 g/mol. The number of hydrogen-bond donors (Lipinski definition) is 3. The second-order valence-corrected chi connectivity index (χ2v) is 10.1. The van der Waals surface area contributed by atoms with Gasteiger partial charge in [-0.3, -0.25) is 4.79 Å². The van der Waals surface area contributed by atoms with Crippen molar-refractivity contribution in [1.29, 1.82) is 5.26 Å². The van der Waals surface area contributed by atoms with Crippen LogP contribution in [0.25, 0.3) is 5.69 Å². The Labute approximate surface area is 223 Å². The molecule has 4 aromatic rings. The maximum Gasteiger partial charge on any atom is 0.274 e. The van der Waals surface area contributed by atoms with Crippen LogP contribution in [0.15, 0.2) is 78.9 Å². The van der Waals surface area contributed by atoms with Crippen LogP contribution in [0, 0.1) is 24.2 Å². The van der Waals surface area contributed by atoms with Gasteiger partial charge in [-0.05, 0) is 84.8 Å². The molecule has 5 N–H and O–H groups in total. The van der Waals surface area contributed by atoms with Crippen molar-refractivity contribution in [2.75, 3.05) is 5.32 Å². The Morgan fingerprint density at radius 2 is 1.82 bits per heavy atom. The molecule has 7 nitrogen and oxygen atoms in total. The average molecular weight is 505 g/mol. The average Bonchev–Trinajstić information content (AvgIpc) is 3.70. The number of amides is 1. The van der Waals surface area contributed by atoms with Crippen molar-refractivity contribution in [3.8, 4) is 11.8 Å². The fraction of sp³-hybridized carbons (Fsp3) is 0.258. The number of rotatable bonds is 9. The molecule has 5 rings (SSSR count). The summed E-state index contributed by atoms with van der Waals surface area (Å²) in [6.45, 7) is 2.26. The van der Waals surface area contributed by atoms with E-state index in [0.29, 0.717) is 29.4 Å². The van der Waals surface area contributed by atoms with E-state index < -0.39 is 5.54 Å². The minimum absolute atomic E-state index is 0.270. The first kappa shape index (κ1) is 25.4. The van der Waals surface area contributed by atoms with Crippen LogP contribution >= 0.6 is 0 Å². The highest BCUT2D eigenvalue weighted by atomic mass is 16.2. The summed E-state index contributed by atoms with van der Waals surface area (Å²) in [5, 5.41) is 17.1. The number of anilines is 1. The van der Waals surface area contributed by atoms with Gasteiger partial charge in [-0.15, -0.1) is 0 Å². The number of aryl methyl sites for hydroxylation is 1. The molecule has 0 bridgehead atoms. The number of carbonyl (C=O) groups excluding carboxylic acids is 1. The van der Waals surface area contributed by atoms with Gasteiger partial charge in [0.25, 0.3) is 5.91 Å². The molecule has 1 amide bonds. The zero-order valence-corrected chi connectivity index (χ0v) is 21.5. The fourth-order valence-electron chi connectivity index (χ4n) is 4.90. The van der Waals surface area contributed by atoms with Crippen LogP contribution in [0.2, 0.25) is 0 Å². The largest absolute Gasteiger partial charge is 0.326 e. The monoisotopic (exact) mass is 504 g/mol. The number of hydrogen-bond acceptors (Lipinski definition) is 5. The summed E-state index contributed by atoms with van der Waals surface area (Å²) in [5.74, 6) is 0.439. The molecular formula is C31H32N6O. The van der Waals surface area contributed by atoms with Gasteiger partial charge in [0.2, 0.25) is 0 Å². The fourth-order valence-corrected chi connectivity index (χ4v) is 4.90. The SMILES string of the molecule is Cc1cc(C(=O)Nc2cccc(C(N)(CCC3CC3)c3cccc(C#N)c3)c2)n(-c2cccc(CN)c2)n1. The van der Waals surface area contributed by atoms with E-state index in [1.165, 1.54) is 12.8 Å². The van der Waals surface area contributed by atoms with Gasteiger partial charge in [-0.2, -0.15) is 10.4 Å². The molecule has 1 aliphatic carbocycles. The highest BCUT2D eigenvalue weighted by Crippen LogP contribution is 2.40. The first-order valence-corrected chi connectivity index (χ1v) is 13.0. The van der Waals surface area contributed by atoms with Crippen LogP contribution in [0.5, 0.6) is 0 Å². The number of carbonyl (C=O) groups is 1. The van der Waals surface area contributed by atoms with Crippen molar-refractivity contribution in [3.63, 3.8) is 0 Å². The lowest BCUT2D eigenvalue weighted by Gasteiger charge is -2.31. The maximum absolute atomic E-state index is 13.4. The van der Waals surface area contributed by atoms with Crippen molar-refractivity contribution in [2.45, 2.75) is 44.7 Å². The lowest BCUT2D eigenvalue weighted by Crippen LogP contribution is -2.38. The summed E-state index contributed by atoms with van der Waals surface area (Å²) in [6.07, 6.45) is 4.26. The van der Waals surface area contributed by atoms with Gasteiger partial charge in [-0.25, -0.2) is 4.68 Å². The second-order valence-electron chi connectivity index (χ2n) is 10.1. The van der Waals surface area contributed by atoms with E-state index in [1.807, 2.05) is 73.7 Å². The summed E-state index contributed by atoms with van der Waals surface area (Å²) < 4.78 is 1.64. The van der Waals surface area contributed by atoms with Crippen LogP contribution in [-0.4, -0.2) is 15.7 Å². The third kappa shape index (κ3) is 5.37. The topological polar surface area (TPSA) is 123 Å². The first-order valence-electron chi connectivity index (χ1n) is 13.0. The number of nitrogens with two attached hydrogens (primary N) is 2. The van der Waals surface area contributed by atoms with Gasteiger partial charge >= 0.3 is 0 Å². The Kier molecular flexibility index (Phi) is 7.10. The predicted octanol–water partition coefficient (Wildman–Crippen LogP) is 5.16. The molecule has 3 aromatic carbocycles. The third-order valence-corrected chi connectivity index (χ3v) is 7.24. The molecule has 1 aliphatic rings. The molecule has 7 heteroatoms. The molecule has 1 saturated carbocycles. The maximum atomic E-state index is 13.4. The molecule has 1 aromatic heterocycles. The molecule has 0 saturated heterocycles. The quantitative estimate of drug-likeness (QED) is 0.291. The molecule has 38 heavy (non-hydrogen) atoms. The zero-order valence-electron chi connectivity index (χ0n) is 21.5. The van der Waals surface area contributed by atoms with Crippen LogP contribution in [0.3, 0.4) is 0 Å². The summed E-state index contributed by atoms with van der Waals surface area (Å²) in [7, 11) is 0. The van der Waals surface area contributed by atoms with E-state index >= 15 is 0 Å². The predicted molar refractivity (Wildman–Crippen MR) is 149 cm³/mol. The van der Waals surface area contributed by atoms with E-state index in [0.717, 1.165) is 40.9 Å². The number of nitrogens with one attached hydrogen (secondary N) is 1. The molecule has 1 fully saturated rings. The molecule has 1 heterocycles. The highest BCUT2D eigenvalue weighted by Gasteiger charge is 2.33. The van der Waals surface area contributed by atoms with Gasteiger partial charge in [0.15, 0.2) is 0 Å². The molecule has 0 radical (unpaired) electrons. The highest BCUT2D eigenvalue weighted by molar-refractivity contribution is 6.03. The van der Waals surface area contributed by atoms with Crippen LogP contribution < -0.4 is 16.8 Å². The van der Waals surface area contributed by atoms with Crippen molar-refractivity contribution in [2.24, 2.45) is 17.4 Å². The van der Waals surface area contributed by atoms with E-state index in [-0.39, 0.29) is 5.91 Å². The Balaban J connectivity index is 1.45. The number of nitrogens with zero attached hydrogens (tertiary/aromatic N) is 3. The van der Waals surface area contributed by atoms with Crippen molar-refractivity contribution in [1.82, 2.24) is 9.78 Å². The molecule has 1 unspecified atom stereocenters. The van der Waals surface area contributed by atoms with Crippen LogP contribution in [-0.2, 0) is 12.1 Å². The molecule has 0 spiro atoms. The molecule has 192 valence electrons. The Bertz CT molecular complexity index is 1510. The smallest absolute Gasteiger partial charge is 0.274 e. The van der Waals surface area contributed by atoms with Crippen molar-refractivity contribution >= 4 is 11.6 Å². The molecule has 1 atom stereocenters. The van der Waals surface area contributed by atoms with Gasteiger partial charge in [-0.1, -0.05) is 49.2 Å². The van der Waals surface area contributed by atoms with E-state index in [4.69, 9.17) is 11.5 Å². The lowest BCUT2D eigenvalue weighted by atomic mass is 9.79. The lowest BCUT2D eigenvalue weighted by molar-refractivity contribution is 0.101. The Morgan fingerprint density at radius 1 is 1.08 bits per heavy atom. The first-order chi connectivity index (χ1) is 18.4.